The molecule has 2 aromatic carbocycles. The summed E-state index contributed by atoms with van der Waals surface area (Å²) in [4.78, 5) is 40.0. The molecule has 1 fully saturated rings. The van der Waals surface area contributed by atoms with Gasteiger partial charge in [0.1, 0.15) is 6.54 Å². The van der Waals surface area contributed by atoms with Crippen LogP contribution >= 0.6 is 23.4 Å². The predicted molar refractivity (Wildman–Crippen MR) is 144 cm³/mol. The minimum Gasteiger partial charge on any atom is -0.385 e. The van der Waals surface area contributed by atoms with Crippen molar-refractivity contribution in [1.82, 2.24) is 14.8 Å². The highest BCUT2D eigenvalue weighted by atomic mass is 35.5. The molecular weight excluding hydrogens is 498 g/mol. The van der Waals surface area contributed by atoms with Crippen LogP contribution < -0.4 is 5.32 Å². The molecule has 1 aliphatic heterocycles. The smallest absolute Gasteiger partial charge is 0.293 e. The summed E-state index contributed by atoms with van der Waals surface area (Å²) in [6.07, 6.45) is 5.15. The van der Waals surface area contributed by atoms with Gasteiger partial charge in [0.2, 0.25) is 5.91 Å². The summed E-state index contributed by atoms with van der Waals surface area (Å²) in [5, 5.41) is 4.03. The van der Waals surface area contributed by atoms with Crippen molar-refractivity contribution in [2.24, 2.45) is 0 Å². The number of rotatable bonds is 10. The van der Waals surface area contributed by atoms with E-state index in [2.05, 4.69) is 12.2 Å². The van der Waals surface area contributed by atoms with Gasteiger partial charge in [-0.1, -0.05) is 54.9 Å². The molecule has 1 N–H and O–H groups in total. The fourth-order valence-corrected chi connectivity index (χ4v) is 5.24. The number of hydrogen-bond donors (Lipinski definition) is 1. The molecule has 9 heteroatoms. The maximum atomic E-state index is 13.1. The first-order chi connectivity index (χ1) is 17.4. The van der Waals surface area contributed by atoms with E-state index in [1.54, 1.807) is 31.4 Å². The zero-order valence-electron chi connectivity index (χ0n) is 20.3. The SMILES string of the molecule is CCc1cccc2c(/C=C3\SC(=O)N(Cc4ccccc4Cl)C3=O)cn(CC(=O)NCCCOC)c12. The van der Waals surface area contributed by atoms with Crippen LogP contribution in [0.25, 0.3) is 17.0 Å². The highest BCUT2D eigenvalue weighted by Crippen LogP contribution is 2.36. The van der Waals surface area contributed by atoms with Crippen LogP contribution in [0.5, 0.6) is 0 Å². The molecular formula is C27H28ClN3O4S. The lowest BCUT2D eigenvalue weighted by Crippen LogP contribution is -2.28. The van der Waals surface area contributed by atoms with E-state index in [-0.39, 0.29) is 30.1 Å². The van der Waals surface area contributed by atoms with Gasteiger partial charge in [0.25, 0.3) is 11.1 Å². The topological polar surface area (TPSA) is 80.6 Å². The predicted octanol–water partition coefficient (Wildman–Crippen LogP) is 5.25. The Balaban J connectivity index is 1.62. The molecule has 0 aliphatic carbocycles. The van der Waals surface area contributed by atoms with Crippen LogP contribution in [0.3, 0.4) is 0 Å². The molecule has 1 saturated heterocycles. The molecule has 0 atom stereocenters. The van der Waals surface area contributed by atoms with Gasteiger partial charge in [-0.15, -0.1) is 0 Å². The number of thioether (sulfide) groups is 1. The van der Waals surface area contributed by atoms with Crippen molar-refractivity contribution in [2.75, 3.05) is 20.3 Å². The molecule has 4 rings (SSSR count). The van der Waals surface area contributed by atoms with Gasteiger partial charge in [-0.2, -0.15) is 0 Å². The monoisotopic (exact) mass is 525 g/mol. The zero-order chi connectivity index (χ0) is 25.7. The second-order valence-electron chi connectivity index (χ2n) is 8.43. The van der Waals surface area contributed by atoms with Crippen LogP contribution in [0.4, 0.5) is 4.79 Å². The van der Waals surface area contributed by atoms with Crippen molar-refractivity contribution in [3.05, 3.63) is 75.3 Å². The summed E-state index contributed by atoms with van der Waals surface area (Å²) < 4.78 is 6.95. The van der Waals surface area contributed by atoms with Gasteiger partial charge in [-0.05, 0) is 47.9 Å². The number of carbonyl (C=O) groups excluding carboxylic acids is 3. The molecule has 0 saturated carbocycles. The van der Waals surface area contributed by atoms with Crippen LogP contribution in [-0.4, -0.2) is 46.8 Å². The summed E-state index contributed by atoms with van der Waals surface area (Å²) in [7, 11) is 1.63. The number of halogens is 1. The van der Waals surface area contributed by atoms with E-state index < -0.39 is 0 Å². The van der Waals surface area contributed by atoms with Crippen LogP contribution in [-0.2, 0) is 33.8 Å². The molecule has 0 bridgehead atoms. The van der Waals surface area contributed by atoms with Gasteiger partial charge in [0.15, 0.2) is 0 Å². The molecule has 7 nitrogen and oxygen atoms in total. The quantitative estimate of drug-likeness (QED) is 0.289. The summed E-state index contributed by atoms with van der Waals surface area (Å²) in [6.45, 7) is 3.46. The summed E-state index contributed by atoms with van der Waals surface area (Å²) in [6, 6.07) is 13.1. The van der Waals surface area contributed by atoms with Crippen molar-refractivity contribution >= 4 is 57.4 Å². The van der Waals surface area contributed by atoms with Crippen molar-refractivity contribution in [1.29, 1.82) is 0 Å². The normalized spacial score (nSPS) is 14.9. The summed E-state index contributed by atoms with van der Waals surface area (Å²) in [5.41, 5.74) is 3.55. The third kappa shape index (κ3) is 5.67. The minimum absolute atomic E-state index is 0.0967. The molecule has 0 spiro atoms. The fourth-order valence-electron chi connectivity index (χ4n) is 4.22. The van der Waals surface area contributed by atoms with Gasteiger partial charge < -0.3 is 14.6 Å². The lowest BCUT2D eigenvalue weighted by molar-refractivity contribution is -0.123. The Kier molecular flexibility index (Phi) is 8.51. The Morgan fingerprint density at radius 1 is 1.14 bits per heavy atom. The second-order valence-corrected chi connectivity index (χ2v) is 9.84. The van der Waals surface area contributed by atoms with Crippen LogP contribution in [0.2, 0.25) is 5.02 Å². The van der Waals surface area contributed by atoms with E-state index in [9.17, 15) is 14.4 Å². The van der Waals surface area contributed by atoms with Gasteiger partial charge >= 0.3 is 0 Å². The Hall–Kier alpha value is -3.07. The molecule has 1 aliphatic rings. The molecule has 0 radical (unpaired) electrons. The van der Waals surface area contributed by atoms with E-state index in [0.29, 0.717) is 28.6 Å². The van der Waals surface area contributed by atoms with Crippen molar-refractivity contribution in [3.8, 4) is 0 Å². The highest BCUT2D eigenvalue weighted by Gasteiger charge is 2.35. The first-order valence-electron chi connectivity index (χ1n) is 11.8. The molecule has 0 unspecified atom stereocenters. The van der Waals surface area contributed by atoms with E-state index in [4.69, 9.17) is 16.3 Å². The first-order valence-corrected chi connectivity index (χ1v) is 13.0. The van der Waals surface area contributed by atoms with E-state index in [1.165, 1.54) is 4.90 Å². The molecule has 36 heavy (non-hydrogen) atoms. The molecule has 2 heterocycles. The number of ether oxygens (including phenoxy) is 1. The maximum absolute atomic E-state index is 13.1. The maximum Gasteiger partial charge on any atom is 0.293 e. The average molecular weight is 526 g/mol. The minimum atomic E-state index is -0.353. The number of amides is 3. The Morgan fingerprint density at radius 3 is 2.67 bits per heavy atom. The van der Waals surface area contributed by atoms with Crippen molar-refractivity contribution < 1.29 is 19.1 Å². The number of aryl methyl sites for hydroxylation is 1. The standard InChI is InChI=1S/C27H28ClN3O4S/c1-3-18-9-6-10-21-20(15-30(25(18)21)17-24(32)29-12-7-13-35-2)14-23-26(33)31(27(34)36-23)16-19-8-4-5-11-22(19)28/h4-6,8-11,14-15H,3,7,12-13,16-17H2,1-2H3,(H,29,32)/b23-14-. The van der Waals surface area contributed by atoms with Crippen molar-refractivity contribution in [2.45, 2.75) is 32.9 Å². The number of imide groups is 1. The van der Waals surface area contributed by atoms with Crippen molar-refractivity contribution in [3.63, 3.8) is 0 Å². The van der Waals surface area contributed by atoms with E-state index >= 15 is 0 Å². The number of aromatic nitrogens is 1. The second kappa shape index (κ2) is 11.8. The first kappa shape index (κ1) is 26.0. The van der Waals surface area contributed by atoms with Crippen LogP contribution in [0.15, 0.2) is 53.6 Å². The summed E-state index contributed by atoms with van der Waals surface area (Å²) in [5.74, 6) is -0.450. The van der Waals surface area contributed by atoms with Crippen LogP contribution in [0, 0.1) is 0 Å². The third-order valence-electron chi connectivity index (χ3n) is 6.00. The van der Waals surface area contributed by atoms with E-state index in [1.807, 2.05) is 35.0 Å². The zero-order valence-corrected chi connectivity index (χ0v) is 21.8. The van der Waals surface area contributed by atoms with Gasteiger partial charge in [0, 0.05) is 42.4 Å². The fraction of sp³-hybridized carbons (Fsp3) is 0.296. The van der Waals surface area contributed by atoms with Crippen LogP contribution in [0.1, 0.15) is 30.0 Å². The van der Waals surface area contributed by atoms with E-state index in [0.717, 1.165) is 46.6 Å². The number of carbonyl (C=O) groups is 3. The highest BCUT2D eigenvalue weighted by molar-refractivity contribution is 8.18. The Labute approximate surface area is 219 Å². The number of nitrogens with zero attached hydrogens (tertiary/aromatic N) is 2. The number of nitrogens with one attached hydrogen (secondary N) is 1. The number of fused-ring (bicyclic) bond motifs is 1. The number of para-hydroxylation sites is 1. The summed E-state index contributed by atoms with van der Waals surface area (Å²) >= 11 is 7.15. The lowest BCUT2D eigenvalue weighted by atomic mass is 10.1. The molecule has 3 aromatic rings. The number of hydrogen-bond acceptors (Lipinski definition) is 5. The van der Waals surface area contributed by atoms with Gasteiger partial charge in [-0.3, -0.25) is 19.3 Å². The number of methoxy groups -OCH3 is 1. The molecule has 188 valence electrons. The third-order valence-corrected chi connectivity index (χ3v) is 7.28. The average Bonchev–Trinajstić information content (AvgIpc) is 3.34. The largest absolute Gasteiger partial charge is 0.385 e. The lowest BCUT2D eigenvalue weighted by Gasteiger charge is -2.13. The number of benzene rings is 2. The van der Waals surface area contributed by atoms with Gasteiger partial charge in [-0.25, -0.2) is 0 Å². The Morgan fingerprint density at radius 2 is 1.92 bits per heavy atom. The van der Waals surface area contributed by atoms with Gasteiger partial charge in [0.05, 0.1) is 17.0 Å². The Bertz CT molecular complexity index is 1330. The molecule has 3 amide bonds. The molecule has 1 aromatic heterocycles.